The van der Waals surface area contributed by atoms with Crippen molar-refractivity contribution >= 4 is 40.8 Å². The molecule has 0 aliphatic rings. The number of ether oxygens (including phenoxy) is 1. The molecule has 1 atom stereocenters. The van der Waals surface area contributed by atoms with E-state index in [-0.39, 0.29) is 6.42 Å². The molecule has 21 heavy (non-hydrogen) atoms. The Morgan fingerprint density at radius 3 is 2.38 bits per heavy atom. The third kappa shape index (κ3) is 4.27. The van der Waals surface area contributed by atoms with Crippen LogP contribution in [0.1, 0.15) is 5.56 Å². The molecule has 0 saturated heterocycles. The molecule has 0 amide bonds. The molecule has 0 bridgehead atoms. The van der Waals surface area contributed by atoms with Gasteiger partial charge in [0.25, 0.3) is 0 Å². The van der Waals surface area contributed by atoms with Gasteiger partial charge in [0.2, 0.25) is 0 Å². The van der Waals surface area contributed by atoms with Crippen LogP contribution in [0.2, 0.25) is 15.1 Å². The van der Waals surface area contributed by atoms with Gasteiger partial charge in [-0.1, -0.05) is 53.0 Å². The molecule has 0 radical (unpaired) electrons. The Labute approximate surface area is 137 Å². The van der Waals surface area contributed by atoms with Crippen LogP contribution in [-0.4, -0.2) is 17.2 Å². The Bertz CT molecular complexity index is 658. The summed E-state index contributed by atoms with van der Waals surface area (Å²) < 4.78 is 5.47. The topological polar surface area (TPSA) is 46.5 Å². The quantitative estimate of drug-likeness (QED) is 0.852. The van der Waals surface area contributed by atoms with E-state index < -0.39 is 12.1 Å². The Morgan fingerprint density at radius 2 is 1.76 bits per heavy atom. The lowest BCUT2D eigenvalue weighted by Crippen LogP contribution is -2.29. The summed E-state index contributed by atoms with van der Waals surface area (Å²) in [5.74, 6) is -0.757. The van der Waals surface area contributed by atoms with Crippen LogP contribution in [0.25, 0.3) is 0 Å². The highest BCUT2D eigenvalue weighted by Gasteiger charge is 2.21. The van der Waals surface area contributed by atoms with Gasteiger partial charge in [0.05, 0.1) is 15.1 Å². The first kappa shape index (κ1) is 16.0. The van der Waals surface area contributed by atoms with Crippen LogP contribution in [0, 0.1) is 0 Å². The Morgan fingerprint density at radius 1 is 1.05 bits per heavy atom. The van der Waals surface area contributed by atoms with E-state index in [1.54, 1.807) is 42.5 Å². The molecule has 2 rings (SSSR count). The summed E-state index contributed by atoms with van der Waals surface area (Å²) in [6, 6.07) is 11.7. The van der Waals surface area contributed by atoms with Crippen molar-refractivity contribution in [3.8, 4) is 5.75 Å². The summed E-state index contributed by atoms with van der Waals surface area (Å²) in [6.45, 7) is 0. The maximum atomic E-state index is 11.3. The number of rotatable bonds is 5. The number of carboxylic acid groups (broad SMARTS) is 1. The lowest BCUT2D eigenvalue weighted by Gasteiger charge is -2.16. The van der Waals surface area contributed by atoms with Crippen molar-refractivity contribution in [1.82, 2.24) is 0 Å². The maximum absolute atomic E-state index is 11.3. The van der Waals surface area contributed by atoms with Crippen LogP contribution in [0.3, 0.4) is 0 Å². The van der Waals surface area contributed by atoms with Crippen molar-refractivity contribution in [1.29, 1.82) is 0 Å². The molecule has 3 nitrogen and oxygen atoms in total. The van der Waals surface area contributed by atoms with E-state index >= 15 is 0 Å². The Kier molecular flexibility index (Phi) is 5.34. The van der Waals surface area contributed by atoms with Gasteiger partial charge in [-0.05, 0) is 29.8 Å². The molecule has 0 saturated carbocycles. The summed E-state index contributed by atoms with van der Waals surface area (Å²) in [7, 11) is 0. The highest BCUT2D eigenvalue weighted by atomic mass is 35.5. The third-order valence-corrected chi connectivity index (χ3v) is 3.84. The van der Waals surface area contributed by atoms with Crippen LogP contribution in [0.4, 0.5) is 0 Å². The van der Waals surface area contributed by atoms with Gasteiger partial charge >= 0.3 is 5.97 Å². The minimum atomic E-state index is -1.08. The molecule has 0 aliphatic heterocycles. The molecule has 2 aromatic carbocycles. The molecule has 1 N–H and O–H groups in total. The number of halogens is 3. The smallest absolute Gasteiger partial charge is 0.345 e. The van der Waals surface area contributed by atoms with E-state index in [0.717, 1.165) is 0 Å². The van der Waals surface area contributed by atoms with Crippen molar-refractivity contribution < 1.29 is 14.6 Å². The van der Waals surface area contributed by atoms with E-state index in [2.05, 4.69) is 0 Å². The van der Waals surface area contributed by atoms with E-state index in [1.165, 1.54) is 0 Å². The predicted octanol–water partition coefficient (Wildman–Crippen LogP) is 4.72. The molecule has 0 heterocycles. The van der Waals surface area contributed by atoms with Gasteiger partial charge in [0.1, 0.15) is 5.75 Å². The van der Waals surface area contributed by atoms with Gasteiger partial charge in [-0.3, -0.25) is 0 Å². The molecule has 6 heteroatoms. The molecule has 110 valence electrons. The number of aliphatic carboxylic acids is 1. The minimum Gasteiger partial charge on any atom is -0.478 e. The maximum Gasteiger partial charge on any atom is 0.345 e. The van der Waals surface area contributed by atoms with Crippen molar-refractivity contribution in [2.24, 2.45) is 0 Å². The first-order valence-corrected chi connectivity index (χ1v) is 7.18. The lowest BCUT2D eigenvalue weighted by molar-refractivity contribution is -0.145. The fraction of sp³-hybridized carbons (Fsp3) is 0.133. The monoisotopic (exact) mass is 344 g/mol. The van der Waals surface area contributed by atoms with Gasteiger partial charge in [-0.15, -0.1) is 0 Å². The molecular weight excluding hydrogens is 335 g/mol. The van der Waals surface area contributed by atoms with E-state index in [4.69, 9.17) is 39.5 Å². The first-order valence-electron chi connectivity index (χ1n) is 6.05. The zero-order valence-electron chi connectivity index (χ0n) is 10.7. The number of carboxylic acids is 1. The van der Waals surface area contributed by atoms with E-state index in [0.29, 0.717) is 26.4 Å². The molecule has 0 spiro atoms. The second-order valence-electron chi connectivity index (χ2n) is 4.33. The molecule has 0 aromatic heterocycles. The van der Waals surface area contributed by atoms with Crippen molar-refractivity contribution in [2.45, 2.75) is 12.5 Å². The van der Waals surface area contributed by atoms with Gasteiger partial charge in [-0.2, -0.15) is 0 Å². The molecular formula is C15H11Cl3O3. The normalized spacial score (nSPS) is 12.0. The molecule has 0 unspecified atom stereocenters. The summed E-state index contributed by atoms with van der Waals surface area (Å²) in [5, 5.41) is 10.4. The number of carbonyl (C=O) groups is 1. The summed E-state index contributed by atoms with van der Waals surface area (Å²) in [4.78, 5) is 11.3. The fourth-order valence-corrected chi connectivity index (χ4v) is 2.25. The summed E-state index contributed by atoms with van der Waals surface area (Å²) >= 11 is 17.7. The molecule has 0 aliphatic carbocycles. The molecule has 0 fully saturated rings. The Hall–Kier alpha value is -1.42. The SMILES string of the molecule is O=C(O)[C@H](Cc1ccc(Cl)c(Cl)c1)Oc1ccccc1Cl. The highest BCUT2D eigenvalue weighted by molar-refractivity contribution is 6.42. The zero-order chi connectivity index (χ0) is 15.4. The highest BCUT2D eigenvalue weighted by Crippen LogP contribution is 2.26. The van der Waals surface area contributed by atoms with Crippen LogP contribution < -0.4 is 4.74 Å². The average molecular weight is 346 g/mol. The second-order valence-corrected chi connectivity index (χ2v) is 5.55. The fourth-order valence-electron chi connectivity index (χ4n) is 1.75. The average Bonchev–Trinajstić information content (AvgIpc) is 2.44. The van der Waals surface area contributed by atoms with Gasteiger partial charge < -0.3 is 9.84 Å². The van der Waals surface area contributed by atoms with Crippen LogP contribution in [-0.2, 0) is 11.2 Å². The summed E-state index contributed by atoms with van der Waals surface area (Å²) in [6.07, 6.45) is -0.917. The minimum absolute atomic E-state index is 0.150. The summed E-state index contributed by atoms with van der Waals surface area (Å²) in [5.41, 5.74) is 0.712. The van der Waals surface area contributed by atoms with Crippen molar-refractivity contribution in [3.05, 3.63) is 63.1 Å². The van der Waals surface area contributed by atoms with Crippen molar-refractivity contribution in [2.75, 3.05) is 0 Å². The van der Waals surface area contributed by atoms with Crippen LogP contribution in [0.5, 0.6) is 5.75 Å². The second kappa shape index (κ2) is 7.03. The van der Waals surface area contributed by atoms with Crippen molar-refractivity contribution in [3.63, 3.8) is 0 Å². The Balaban J connectivity index is 2.18. The first-order chi connectivity index (χ1) is 9.97. The van der Waals surface area contributed by atoms with Crippen LogP contribution >= 0.6 is 34.8 Å². The number of para-hydroxylation sites is 1. The van der Waals surface area contributed by atoms with Gasteiger partial charge in [0, 0.05) is 6.42 Å². The van der Waals surface area contributed by atoms with E-state index in [1.807, 2.05) is 0 Å². The lowest BCUT2D eigenvalue weighted by atomic mass is 10.1. The number of benzene rings is 2. The van der Waals surface area contributed by atoms with Crippen LogP contribution in [0.15, 0.2) is 42.5 Å². The van der Waals surface area contributed by atoms with Gasteiger partial charge in [0.15, 0.2) is 6.10 Å². The number of hydrogen-bond acceptors (Lipinski definition) is 2. The number of hydrogen-bond donors (Lipinski definition) is 1. The predicted molar refractivity (Wildman–Crippen MR) is 83.7 cm³/mol. The third-order valence-electron chi connectivity index (χ3n) is 2.79. The van der Waals surface area contributed by atoms with Gasteiger partial charge in [-0.25, -0.2) is 4.79 Å². The zero-order valence-corrected chi connectivity index (χ0v) is 13.0. The standard InChI is InChI=1S/C15H11Cl3O3/c16-10-6-5-9(7-12(10)18)8-14(15(19)20)21-13-4-2-1-3-11(13)17/h1-7,14H,8H2,(H,19,20)/t14-/m0/s1. The van der Waals surface area contributed by atoms with E-state index in [9.17, 15) is 9.90 Å². The largest absolute Gasteiger partial charge is 0.478 e. The molecule has 2 aromatic rings.